The Kier molecular flexibility index (Phi) is 1.48. The smallest absolute Gasteiger partial charge is 0.140 e. The molecular formula is C11H10N4. The van der Waals surface area contributed by atoms with Crippen molar-refractivity contribution in [3.05, 3.63) is 36.2 Å². The number of fused-ring (bicyclic) bond motifs is 3. The van der Waals surface area contributed by atoms with Gasteiger partial charge in [-0.15, -0.1) is 0 Å². The van der Waals surface area contributed by atoms with Gasteiger partial charge in [0.05, 0.1) is 17.2 Å². The van der Waals surface area contributed by atoms with Crippen LogP contribution in [0.5, 0.6) is 0 Å². The largest absolute Gasteiger partial charge is 0.384 e. The summed E-state index contributed by atoms with van der Waals surface area (Å²) in [5.41, 5.74) is 9.60. The molecule has 0 aromatic carbocycles. The fraction of sp³-hybridized carbons (Fsp3) is 0.0909. The number of aryl methyl sites for hydroxylation is 1. The Morgan fingerprint density at radius 1 is 1.40 bits per heavy atom. The number of aromatic nitrogens is 3. The molecule has 3 rings (SSSR count). The van der Waals surface area contributed by atoms with Gasteiger partial charge in [0, 0.05) is 12.3 Å². The number of pyridine rings is 2. The zero-order chi connectivity index (χ0) is 10.4. The standard InChI is InChI=1S/C11H10N4/c1-7-3-2-4-15-9-6-13-10(12)5-8(9)14-11(7)15/h2-6H,1H3,(H2,12,13). The molecule has 3 aromatic rings. The van der Waals surface area contributed by atoms with Gasteiger partial charge in [0.2, 0.25) is 0 Å². The predicted octanol–water partition coefficient (Wildman–Crippen LogP) is 1.77. The number of imidazole rings is 1. The first kappa shape index (κ1) is 8.23. The zero-order valence-corrected chi connectivity index (χ0v) is 8.31. The van der Waals surface area contributed by atoms with Gasteiger partial charge in [0.25, 0.3) is 0 Å². The maximum Gasteiger partial charge on any atom is 0.140 e. The van der Waals surface area contributed by atoms with Crippen molar-refractivity contribution in [3.8, 4) is 0 Å². The van der Waals surface area contributed by atoms with Crippen molar-refractivity contribution in [3.63, 3.8) is 0 Å². The summed E-state index contributed by atoms with van der Waals surface area (Å²) in [5.74, 6) is 0.503. The first-order chi connectivity index (χ1) is 7.25. The van der Waals surface area contributed by atoms with E-state index >= 15 is 0 Å². The summed E-state index contributed by atoms with van der Waals surface area (Å²) in [6, 6.07) is 5.83. The fourth-order valence-corrected chi connectivity index (χ4v) is 1.79. The number of nitrogen functional groups attached to an aromatic ring is 1. The molecule has 0 unspecified atom stereocenters. The second kappa shape index (κ2) is 2.70. The van der Waals surface area contributed by atoms with E-state index in [1.54, 1.807) is 12.3 Å². The fourth-order valence-electron chi connectivity index (χ4n) is 1.79. The van der Waals surface area contributed by atoms with Gasteiger partial charge < -0.3 is 5.73 Å². The van der Waals surface area contributed by atoms with Gasteiger partial charge >= 0.3 is 0 Å². The van der Waals surface area contributed by atoms with Crippen LogP contribution in [0.3, 0.4) is 0 Å². The van der Waals surface area contributed by atoms with Gasteiger partial charge in [-0.2, -0.15) is 0 Å². The van der Waals surface area contributed by atoms with Crippen molar-refractivity contribution < 1.29 is 0 Å². The van der Waals surface area contributed by atoms with Crippen LogP contribution in [0.15, 0.2) is 30.6 Å². The Morgan fingerprint density at radius 3 is 3.13 bits per heavy atom. The molecule has 0 aliphatic rings. The van der Waals surface area contributed by atoms with Gasteiger partial charge in [-0.05, 0) is 18.6 Å². The molecular weight excluding hydrogens is 188 g/mol. The van der Waals surface area contributed by atoms with E-state index in [0.717, 1.165) is 22.2 Å². The van der Waals surface area contributed by atoms with Crippen molar-refractivity contribution in [1.29, 1.82) is 0 Å². The molecule has 0 aliphatic heterocycles. The second-order valence-corrected chi connectivity index (χ2v) is 3.59. The van der Waals surface area contributed by atoms with Crippen LogP contribution >= 0.6 is 0 Å². The van der Waals surface area contributed by atoms with Gasteiger partial charge in [0.1, 0.15) is 11.5 Å². The van der Waals surface area contributed by atoms with E-state index in [0.29, 0.717) is 5.82 Å². The lowest BCUT2D eigenvalue weighted by atomic mass is 10.3. The highest BCUT2D eigenvalue weighted by atomic mass is 15.0. The summed E-state index contributed by atoms with van der Waals surface area (Å²) in [7, 11) is 0. The number of nitrogens with zero attached hydrogens (tertiary/aromatic N) is 3. The van der Waals surface area contributed by atoms with Gasteiger partial charge in [-0.1, -0.05) is 6.07 Å². The van der Waals surface area contributed by atoms with E-state index in [-0.39, 0.29) is 0 Å². The van der Waals surface area contributed by atoms with E-state index in [4.69, 9.17) is 5.73 Å². The van der Waals surface area contributed by atoms with E-state index in [2.05, 4.69) is 9.97 Å². The van der Waals surface area contributed by atoms with Crippen LogP contribution in [-0.4, -0.2) is 14.4 Å². The first-order valence-corrected chi connectivity index (χ1v) is 4.74. The monoisotopic (exact) mass is 198 g/mol. The van der Waals surface area contributed by atoms with Gasteiger partial charge in [0.15, 0.2) is 0 Å². The number of rotatable bonds is 0. The predicted molar refractivity (Wildman–Crippen MR) is 59.6 cm³/mol. The molecule has 4 nitrogen and oxygen atoms in total. The van der Waals surface area contributed by atoms with Crippen molar-refractivity contribution in [2.24, 2.45) is 0 Å². The molecule has 0 radical (unpaired) electrons. The Balaban J connectivity index is 2.57. The SMILES string of the molecule is Cc1cccn2c1nc1cc(N)ncc12. The molecule has 0 saturated heterocycles. The zero-order valence-electron chi connectivity index (χ0n) is 8.31. The summed E-state index contributed by atoms with van der Waals surface area (Å²) in [4.78, 5) is 8.59. The number of hydrogen-bond donors (Lipinski definition) is 1. The summed E-state index contributed by atoms with van der Waals surface area (Å²) < 4.78 is 2.02. The number of nitrogens with two attached hydrogens (primary N) is 1. The average molecular weight is 198 g/mol. The van der Waals surface area contributed by atoms with Gasteiger partial charge in [-0.3, -0.25) is 4.40 Å². The molecule has 15 heavy (non-hydrogen) atoms. The molecule has 2 N–H and O–H groups in total. The van der Waals surface area contributed by atoms with E-state index in [1.807, 2.05) is 29.7 Å². The van der Waals surface area contributed by atoms with Crippen LogP contribution in [0.1, 0.15) is 5.56 Å². The number of hydrogen-bond acceptors (Lipinski definition) is 3. The van der Waals surface area contributed by atoms with E-state index in [9.17, 15) is 0 Å². The lowest BCUT2D eigenvalue weighted by Gasteiger charge is -1.96. The third-order valence-electron chi connectivity index (χ3n) is 2.53. The maximum absolute atomic E-state index is 5.62. The average Bonchev–Trinajstić information content (AvgIpc) is 2.57. The Morgan fingerprint density at radius 2 is 2.27 bits per heavy atom. The van der Waals surface area contributed by atoms with Crippen molar-refractivity contribution >= 4 is 22.5 Å². The molecule has 74 valence electrons. The summed E-state index contributed by atoms with van der Waals surface area (Å²) in [6.07, 6.45) is 3.74. The molecule has 0 spiro atoms. The molecule has 0 bridgehead atoms. The Hall–Kier alpha value is -2.10. The van der Waals surface area contributed by atoms with E-state index in [1.165, 1.54) is 0 Å². The highest BCUT2D eigenvalue weighted by molar-refractivity contribution is 5.82. The minimum absolute atomic E-state index is 0.503. The summed E-state index contributed by atoms with van der Waals surface area (Å²) in [6.45, 7) is 2.04. The molecule has 3 aromatic heterocycles. The van der Waals surface area contributed by atoms with Crippen LogP contribution < -0.4 is 5.73 Å². The highest BCUT2D eigenvalue weighted by Gasteiger charge is 2.06. The lowest BCUT2D eigenvalue weighted by molar-refractivity contribution is 1.19. The first-order valence-electron chi connectivity index (χ1n) is 4.74. The third-order valence-corrected chi connectivity index (χ3v) is 2.53. The van der Waals surface area contributed by atoms with Crippen molar-refractivity contribution in [2.45, 2.75) is 6.92 Å². The second-order valence-electron chi connectivity index (χ2n) is 3.59. The minimum Gasteiger partial charge on any atom is -0.384 e. The normalized spacial score (nSPS) is 11.3. The molecule has 0 amide bonds. The molecule has 0 fully saturated rings. The number of anilines is 1. The molecule has 0 saturated carbocycles. The molecule has 0 aliphatic carbocycles. The lowest BCUT2D eigenvalue weighted by Crippen LogP contribution is -1.89. The molecule has 0 atom stereocenters. The van der Waals surface area contributed by atoms with Crippen molar-refractivity contribution in [2.75, 3.05) is 5.73 Å². The van der Waals surface area contributed by atoms with Crippen molar-refractivity contribution in [1.82, 2.24) is 14.4 Å². The molecule has 3 heterocycles. The quantitative estimate of drug-likeness (QED) is 0.599. The van der Waals surface area contributed by atoms with Crippen LogP contribution in [0, 0.1) is 6.92 Å². The van der Waals surface area contributed by atoms with Crippen LogP contribution in [0.2, 0.25) is 0 Å². The maximum atomic E-state index is 5.62. The Labute approximate surface area is 86.4 Å². The summed E-state index contributed by atoms with van der Waals surface area (Å²) >= 11 is 0. The van der Waals surface area contributed by atoms with Gasteiger partial charge in [-0.25, -0.2) is 9.97 Å². The van der Waals surface area contributed by atoms with Crippen LogP contribution in [0.25, 0.3) is 16.7 Å². The Bertz CT molecular complexity index is 654. The summed E-state index contributed by atoms with van der Waals surface area (Å²) in [5, 5.41) is 0. The van der Waals surface area contributed by atoms with Crippen LogP contribution in [0.4, 0.5) is 5.82 Å². The van der Waals surface area contributed by atoms with E-state index < -0.39 is 0 Å². The minimum atomic E-state index is 0.503. The topological polar surface area (TPSA) is 56.2 Å². The highest BCUT2D eigenvalue weighted by Crippen LogP contribution is 2.18. The molecule has 4 heteroatoms. The van der Waals surface area contributed by atoms with Crippen LogP contribution in [-0.2, 0) is 0 Å². The third kappa shape index (κ3) is 1.08.